The molecule has 9 heteroatoms. The Bertz CT molecular complexity index is 1240. The lowest BCUT2D eigenvalue weighted by Crippen LogP contribution is -2.54. The van der Waals surface area contributed by atoms with E-state index in [9.17, 15) is 18.8 Å². The monoisotopic (exact) mass is 616 g/mol. The third-order valence-electron chi connectivity index (χ3n) is 10.2. The van der Waals surface area contributed by atoms with Crippen molar-refractivity contribution < 1.29 is 23.2 Å². The molecule has 0 aromatic heterocycles. The Balaban J connectivity index is 1.71. The van der Waals surface area contributed by atoms with Gasteiger partial charge >= 0.3 is 0 Å². The number of amides is 3. The summed E-state index contributed by atoms with van der Waals surface area (Å²) >= 11 is 0. The van der Waals surface area contributed by atoms with Crippen LogP contribution in [0.3, 0.4) is 0 Å². The Kier molecular flexibility index (Phi) is 9.62. The molecule has 4 rings (SSSR count). The normalized spacial score (nSPS) is 26.6. The number of benzene rings is 1. The predicted octanol–water partition coefficient (Wildman–Crippen LogP) is 5.68. The summed E-state index contributed by atoms with van der Waals surface area (Å²) in [7, 11) is 3.38. The molecule has 0 spiro atoms. The van der Waals surface area contributed by atoms with Crippen LogP contribution >= 0.6 is 0 Å². The summed E-state index contributed by atoms with van der Waals surface area (Å²) in [5, 5.41) is 0. The van der Waals surface area contributed by atoms with Crippen molar-refractivity contribution in [1.82, 2.24) is 19.6 Å². The Morgan fingerprint density at radius 2 is 1.52 bits per heavy atom. The van der Waals surface area contributed by atoms with Crippen molar-refractivity contribution in [2.24, 2.45) is 16.7 Å². The molecule has 0 bridgehead atoms. The first-order valence-corrected chi connectivity index (χ1v) is 16.3. The van der Waals surface area contributed by atoms with Gasteiger partial charge in [-0.3, -0.25) is 19.3 Å². The lowest BCUT2D eigenvalue weighted by molar-refractivity contribution is -0.147. The maximum atomic E-state index is 15.2. The third kappa shape index (κ3) is 7.13. The highest BCUT2D eigenvalue weighted by atomic mass is 19.1. The van der Waals surface area contributed by atoms with Crippen molar-refractivity contribution in [1.29, 1.82) is 0 Å². The van der Waals surface area contributed by atoms with E-state index in [1.54, 1.807) is 19.0 Å². The van der Waals surface area contributed by atoms with E-state index < -0.39 is 34.9 Å². The molecule has 1 aliphatic carbocycles. The zero-order valence-corrected chi connectivity index (χ0v) is 28.5. The molecule has 3 amide bonds. The molecular weight excluding hydrogens is 562 g/mol. The number of hydrogen-bond acceptors (Lipinski definition) is 4. The molecule has 44 heavy (non-hydrogen) atoms. The standard InChI is InChI=1S/C35H54F2N4O3/c1-33(2,3)32(44)41(23-13-15-35(7,8)16-14-23)24-18-29(31(43)38(9)10)40(19-24)30(42)27-21-39(34(4,5)6)20-26(27)25-12-11-22(36)17-28(25)37/h11-12,17,23-24,26-27,29H,13-16,18-21H2,1-10H3/t24-,26?,27?,29-/m0/s1. The fourth-order valence-electron chi connectivity index (χ4n) is 7.40. The smallest absolute Gasteiger partial charge is 0.244 e. The molecule has 2 saturated heterocycles. The van der Waals surface area contributed by atoms with Gasteiger partial charge in [0.1, 0.15) is 17.7 Å². The van der Waals surface area contributed by atoms with Gasteiger partial charge in [0, 0.05) is 62.7 Å². The van der Waals surface area contributed by atoms with E-state index in [4.69, 9.17) is 0 Å². The summed E-state index contributed by atoms with van der Waals surface area (Å²) in [4.78, 5) is 49.7. The average molecular weight is 617 g/mol. The highest BCUT2D eigenvalue weighted by Gasteiger charge is 2.51. The van der Waals surface area contributed by atoms with Gasteiger partial charge in [-0.15, -0.1) is 0 Å². The Labute approximate surface area is 263 Å². The van der Waals surface area contributed by atoms with E-state index in [1.807, 2.05) is 25.7 Å². The quantitative estimate of drug-likeness (QED) is 0.427. The van der Waals surface area contributed by atoms with Crippen LogP contribution in [-0.2, 0) is 14.4 Å². The van der Waals surface area contributed by atoms with Crippen LogP contribution in [0.5, 0.6) is 0 Å². The molecule has 1 saturated carbocycles. The molecule has 3 aliphatic rings. The maximum absolute atomic E-state index is 15.2. The molecule has 3 fully saturated rings. The second kappa shape index (κ2) is 12.3. The molecule has 4 atom stereocenters. The molecule has 7 nitrogen and oxygen atoms in total. The second-order valence-corrected chi connectivity index (χ2v) is 16.4. The van der Waals surface area contributed by atoms with Crippen LogP contribution in [0.4, 0.5) is 8.78 Å². The van der Waals surface area contributed by atoms with Gasteiger partial charge in [0.05, 0.1) is 12.0 Å². The zero-order valence-electron chi connectivity index (χ0n) is 28.5. The van der Waals surface area contributed by atoms with Crippen LogP contribution in [0, 0.1) is 28.4 Å². The fourth-order valence-corrected chi connectivity index (χ4v) is 7.40. The third-order valence-corrected chi connectivity index (χ3v) is 10.2. The first kappa shape index (κ1) is 34.3. The summed E-state index contributed by atoms with van der Waals surface area (Å²) in [5.74, 6) is -2.77. The molecule has 1 aromatic rings. The minimum Gasteiger partial charge on any atom is -0.347 e. The number of carbonyl (C=O) groups is 3. The van der Waals surface area contributed by atoms with Gasteiger partial charge in [0.2, 0.25) is 17.7 Å². The fraction of sp³-hybridized carbons (Fsp3) is 0.743. The number of likely N-dealkylation sites (tertiary alicyclic amines) is 2. The number of carbonyl (C=O) groups excluding carboxylic acids is 3. The maximum Gasteiger partial charge on any atom is 0.244 e. The van der Waals surface area contributed by atoms with Gasteiger partial charge in [-0.1, -0.05) is 40.7 Å². The van der Waals surface area contributed by atoms with Gasteiger partial charge in [-0.2, -0.15) is 0 Å². The summed E-state index contributed by atoms with van der Waals surface area (Å²) < 4.78 is 29.1. The van der Waals surface area contributed by atoms with E-state index in [-0.39, 0.29) is 47.3 Å². The number of halogens is 2. The summed E-state index contributed by atoms with van der Waals surface area (Å²) in [5.41, 5.74) is -0.354. The molecule has 2 aliphatic heterocycles. The summed E-state index contributed by atoms with van der Waals surface area (Å²) in [6.45, 7) is 17.6. The Hall–Kier alpha value is -2.55. The molecule has 0 N–H and O–H groups in total. The van der Waals surface area contributed by atoms with Gasteiger partial charge in [0.25, 0.3) is 0 Å². The van der Waals surface area contributed by atoms with E-state index >= 15 is 4.39 Å². The van der Waals surface area contributed by atoms with Crippen LogP contribution in [0.15, 0.2) is 18.2 Å². The van der Waals surface area contributed by atoms with Crippen LogP contribution in [0.1, 0.15) is 99.0 Å². The number of likely N-dealkylation sites (N-methyl/N-ethyl adjacent to an activating group) is 1. The van der Waals surface area contributed by atoms with Crippen molar-refractivity contribution in [2.45, 2.75) is 117 Å². The van der Waals surface area contributed by atoms with E-state index in [0.29, 0.717) is 25.1 Å². The van der Waals surface area contributed by atoms with Gasteiger partial charge in [-0.05, 0) is 69.9 Å². The minimum atomic E-state index is -0.722. The van der Waals surface area contributed by atoms with E-state index in [1.165, 1.54) is 17.0 Å². The van der Waals surface area contributed by atoms with Crippen molar-refractivity contribution >= 4 is 17.7 Å². The predicted molar refractivity (Wildman–Crippen MR) is 169 cm³/mol. The van der Waals surface area contributed by atoms with Crippen molar-refractivity contribution in [3.8, 4) is 0 Å². The lowest BCUT2D eigenvalue weighted by atomic mass is 9.74. The van der Waals surface area contributed by atoms with Gasteiger partial charge in [0.15, 0.2) is 0 Å². The zero-order chi connectivity index (χ0) is 32.9. The van der Waals surface area contributed by atoms with E-state index in [2.05, 4.69) is 39.5 Å². The molecule has 1 aromatic carbocycles. The van der Waals surface area contributed by atoms with Gasteiger partial charge in [-0.25, -0.2) is 8.78 Å². The van der Waals surface area contributed by atoms with Crippen molar-refractivity contribution in [3.63, 3.8) is 0 Å². The molecule has 0 radical (unpaired) electrons. The number of hydrogen-bond donors (Lipinski definition) is 0. The largest absolute Gasteiger partial charge is 0.347 e. The molecule has 2 heterocycles. The number of rotatable bonds is 5. The van der Waals surface area contributed by atoms with Crippen LogP contribution in [0.2, 0.25) is 0 Å². The van der Waals surface area contributed by atoms with Crippen LogP contribution < -0.4 is 0 Å². The molecular formula is C35H54F2N4O3. The van der Waals surface area contributed by atoms with Gasteiger partial charge < -0.3 is 14.7 Å². The van der Waals surface area contributed by atoms with Crippen molar-refractivity contribution in [3.05, 3.63) is 35.4 Å². The molecule has 2 unspecified atom stereocenters. The average Bonchev–Trinajstić information content (AvgIpc) is 3.54. The molecule has 246 valence electrons. The summed E-state index contributed by atoms with van der Waals surface area (Å²) in [6, 6.07) is 2.60. The SMILES string of the molecule is CN(C)C(=O)[C@@H]1C[C@H](N(C(=O)C(C)(C)C)C2CCC(C)(C)CC2)CN1C(=O)C1CN(C(C)(C)C)CC1c1ccc(F)cc1F. The van der Waals surface area contributed by atoms with Crippen LogP contribution in [0.25, 0.3) is 0 Å². The first-order valence-electron chi connectivity index (χ1n) is 16.3. The topological polar surface area (TPSA) is 64.2 Å². The second-order valence-electron chi connectivity index (χ2n) is 16.4. The first-order chi connectivity index (χ1) is 20.2. The minimum absolute atomic E-state index is 0.0450. The Morgan fingerprint density at radius 1 is 0.909 bits per heavy atom. The Morgan fingerprint density at radius 3 is 2.05 bits per heavy atom. The van der Waals surface area contributed by atoms with E-state index in [0.717, 1.165) is 31.7 Å². The van der Waals surface area contributed by atoms with Crippen LogP contribution in [-0.4, -0.2) is 94.7 Å². The number of nitrogens with zero attached hydrogens (tertiary/aromatic N) is 4. The lowest BCUT2D eigenvalue weighted by Gasteiger charge is -2.45. The van der Waals surface area contributed by atoms with Crippen molar-refractivity contribution in [2.75, 3.05) is 33.7 Å². The summed E-state index contributed by atoms with van der Waals surface area (Å²) in [6.07, 6.45) is 4.17. The highest BCUT2D eigenvalue weighted by molar-refractivity contribution is 5.90. The highest BCUT2D eigenvalue weighted by Crippen LogP contribution is 2.42.